The number of halogens is 5. The molecule has 0 saturated carbocycles. The van der Waals surface area contributed by atoms with E-state index >= 15 is 0 Å². The van der Waals surface area contributed by atoms with Crippen molar-refractivity contribution in [2.24, 2.45) is 0 Å². The largest absolute Gasteiger partial charge is 0.490 e. The van der Waals surface area contributed by atoms with Gasteiger partial charge in [-0.05, 0) is 55.0 Å². The predicted molar refractivity (Wildman–Crippen MR) is 122 cm³/mol. The van der Waals surface area contributed by atoms with Crippen LogP contribution in [0.4, 0.5) is 10.1 Å². The van der Waals surface area contributed by atoms with E-state index in [9.17, 15) is 4.39 Å². The lowest BCUT2D eigenvalue weighted by Crippen LogP contribution is -2.04. The summed E-state index contributed by atoms with van der Waals surface area (Å²) in [6.07, 6.45) is 0. The topological polar surface area (TPSA) is 30.5 Å². The minimum absolute atomic E-state index is 0.0534. The van der Waals surface area contributed by atoms with Gasteiger partial charge in [0, 0.05) is 27.8 Å². The Morgan fingerprint density at radius 1 is 0.867 bits per heavy atom. The number of hydrogen-bond donors (Lipinski definition) is 1. The molecule has 0 aliphatic carbocycles. The minimum Gasteiger partial charge on any atom is -0.490 e. The molecule has 0 atom stereocenters. The molecule has 0 aliphatic rings. The van der Waals surface area contributed by atoms with Crippen LogP contribution in [0, 0.1) is 5.82 Å². The van der Waals surface area contributed by atoms with Gasteiger partial charge in [0.1, 0.15) is 12.4 Å². The molecular weight excluding hydrogens is 471 g/mol. The summed E-state index contributed by atoms with van der Waals surface area (Å²) in [5.41, 5.74) is 2.33. The van der Waals surface area contributed by atoms with E-state index in [0.717, 1.165) is 11.1 Å². The van der Waals surface area contributed by atoms with E-state index in [1.54, 1.807) is 30.3 Å². The molecule has 3 aromatic rings. The number of ether oxygens (including phenoxy) is 2. The van der Waals surface area contributed by atoms with Crippen LogP contribution >= 0.6 is 46.4 Å². The summed E-state index contributed by atoms with van der Waals surface area (Å²) in [6.45, 7) is 2.96. The SMILES string of the molecule is CCOc1cc(CNc2ccc(F)c(Cl)c2)cc(Cl)c1OCc1ccc(Cl)cc1Cl. The molecule has 1 N–H and O–H groups in total. The van der Waals surface area contributed by atoms with E-state index < -0.39 is 5.82 Å². The van der Waals surface area contributed by atoms with Crippen molar-refractivity contribution in [1.29, 1.82) is 0 Å². The Kier molecular flexibility index (Phi) is 7.95. The van der Waals surface area contributed by atoms with Crippen molar-refractivity contribution < 1.29 is 13.9 Å². The summed E-state index contributed by atoms with van der Waals surface area (Å²) in [5.74, 6) is 0.480. The monoisotopic (exact) mass is 487 g/mol. The molecule has 3 aromatic carbocycles. The molecule has 0 spiro atoms. The summed E-state index contributed by atoms with van der Waals surface area (Å²) >= 11 is 24.4. The normalized spacial score (nSPS) is 10.7. The fourth-order valence-electron chi connectivity index (χ4n) is 2.73. The molecule has 0 aliphatic heterocycles. The first kappa shape index (κ1) is 22.8. The van der Waals surface area contributed by atoms with Crippen LogP contribution in [-0.2, 0) is 13.2 Å². The van der Waals surface area contributed by atoms with Gasteiger partial charge in [-0.3, -0.25) is 0 Å². The van der Waals surface area contributed by atoms with Crippen molar-refractivity contribution in [3.63, 3.8) is 0 Å². The average molecular weight is 489 g/mol. The molecule has 0 amide bonds. The standard InChI is InChI=1S/C22H18Cl4FNO2/c1-2-29-21-8-13(11-28-16-5-6-20(27)18(25)10-16)7-19(26)22(21)30-12-14-3-4-15(23)9-17(14)24/h3-10,28H,2,11-12H2,1H3. The van der Waals surface area contributed by atoms with E-state index in [-0.39, 0.29) is 11.6 Å². The molecule has 0 unspecified atom stereocenters. The van der Waals surface area contributed by atoms with Crippen LogP contribution < -0.4 is 14.8 Å². The molecule has 158 valence electrons. The molecule has 3 nitrogen and oxygen atoms in total. The summed E-state index contributed by atoms with van der Waals surface area (Å²) in [7, 11) is 0. The summed E-state index contributed by atoms with van der Waals surface area (Å²) < 4.78 is 24.9. The zero-order valence-electron chi connectivity index (χ0n) is 15.9. The van der Waals surface area contributed by atoms with Crippen LogP contribution in [0.15, 0.2) is 48.5 Å². The Labute approximate surface area is 194 Å². The molecule has 0 bridgehead atoms. The van der Waals surface area contributed by atoms with Gasteiger partial charge < -0.3 is 14.8 Å². The lowest BCUT2D eigenvalue weighted by molar-refractivity contribution is 0.269. The number of nitrogens with one attached hydrogen (secondary N) is 1. The molecule has 3 rings (SSSR count). The first-order valence-electron chi connectivity index (χ1n) is 9.08. The van der Waals surface area contributed by atoms with Crippen LogP contribution in [0.3, 0.4) is 0 Å². The Morgan fingerprint density at radius 2 is 1.67 bits per heavy atom. The highest BCUT2D eigenvalue weighted by atomic mass is 35.5. The van der Waals surface area contributed by atoms with E-state index in [4.69, 9.17) is 55.9 Å². The van der Waals surface area contributed by atoms with E-state index in [2.05, 4.69) is 5.32 Å². The van der Waals surface area contributed by atoms with Gasteiger partial charge >= 0.3 is 0 Å². The summed E-state index contributed by atoms with van der Waals surface area (Å²) in [4.78, 5) is 0. The van der Waals surface area contributed by atoms with Gasteiger partial charge in [-0.2, -0.15) is 0 Å². The highest BCUT2D eigenvalue weighted by molar-refractivity contribution is 6.35. The number of rotatable bonds is 8. The van der Waals surface area contributed by atoms with Crippen molar-refractivity contribution in [1.82, 2.24) is 0 Å². The zero-order chi connectivity index (χ0) is 21.7. The van der Waals surface area contributed by atoms with Crippen LogP contribution in [0.5, 0.6) is 11.5 Å². The van der Waals surface area contributed by atoms with Gasteiger partial charge in [-0.25, -0.2) is 4.39 Å². The van der Waals surface area contributed by atoms with Crippen molar-refractivity contribution in [3.8, 4) is 11.5 Å². The highest BCUT2D eigenvalue weighted by Gasteiger charge is 2.14. The van der Waals surface area contributed by atoms with Crippen LogP contribution in [0.1, 0.15) is 18.1 Å². The van der Waals surface area contributed by atoms with Gasteiger partial charge in [0.25, 0.3) is 0 Å². The van der Waals surface area contributed by atoms with Crippen molar-refractivity contribution in [2.45, 2.75) is 20.1 Å². The maximum Gasteiger partial charge on any atom is 0.180 e. The second kappa shape index (κ2) is 10.5. The Hall–Kier alpha value is -1.85. The van der Waals surface area contributed by atoms with Gasteiger partial charge in [0.05, 0.1) is 16.7 Å². The lowest BCUT2D eigenvalue weighted by atomic mass is 10.2. The molecule has 0 radical (unpaired) electrons. The van der Waals surface area contributed by atoms with Crippen LogP contribution in [0.25, 0.3) is 0 Å². The number of benzene rings is 3. The maximum atomic E-state index is 13.3. The molecule has 30 heavy (non-hydrogen) atoms. The van der Waals surface area contributed by atoms with Gasteiger partial charge in [-0.1, -0.05) is 52.5 Å². The third kappa shape index (κ3) is 5.86. The fraction of sp³-hybridized carbons (Fsp3) is 0.182. The number of hydrogen-bond acceptors (Lipinski definition) is 3. The van der Waals surface area contributed by atoms with Gasteiger partial charge in [0.15, 0.2) is 11.5 Å². The van der Waals surface area contributed by atoms with Crippen LogP contribution in [-0.4, -0.2) is 6.61 Å². The first-order chi connectivity index (χ1) is 14.4. The Morgan fingerprint density at radius 3 is 2.37 bits per heavy atom. The zero-order valence-corrected chi connectivity index (χ0v) is 19.0. The Balaban J connectivity index is 1.76. The molecule has 0 saturated heterocycles. The maximum absolute atomic E-state index is 13.3. The smallest absolute Gasteiger partial charge is 0.180 e. The second-order valence-electron chi connectivity index (χ2n) is 6.34. The van der Waals surface area contributed by atoms with E-state index in [1.165, 1.54) is 12.1 Å². The number of anilines is 1. The van der Waals surface area contributed by atoms with Crippen molar-refractivity contribution in [2.75, 3.05) is 11.9 Å². The molecule has 0 heterocycles. The first-order valence-corrected chi connectivity index (χ1v) is 10.6. The second-order valence-corrected chi connectivity index (χ2v) is 8.00. The third-order valence-electron chi connectivity index (χ3n) is 4.17. The molecule has 0 fully saturated rings. The van der Waals surface area contributed by atoms with Crippen LogP contribution in [0.2, 0.25) is 20.1 Å². The average Bonchev–Trinajstić information content (AvgIpc) is 2.70. The van der Waals surface area contributed by atoms with E-state index in [0.29, 0.717) is 45.4 Å². The minimum atomic E-state index is -0.466. The van der Waals surface area contributed by atoms with Crippen molar-refractivity contribution in [3.05, 3.63) is 85.6 Å². The van der Waals surface area contributed by atoms with Crippen molar-refractivity contribution >= 4 is 52.1 Å². The van der Waals surface area contributed by atoms with Gasteiger partial charge in [0.2, 0.25) is 0 Å². The predicted octanol–water partition coefficient (Wildman–Crippen LogP) is 8.03. The van der Waals surface area contributed by atoms with Gasteiger partial charge in [-0.15, -0.1) is 0 Å². The lowest BCUT2D eigenvalue weighted by Gasteiger charge is -2.16. The summed E-state index contributed by atoms with van der Waals surface area (Å²) in [5, 5.41) is 4.70. The molecular formula is C22H18Cl4FNO2. The Bertz CT molecular complexity index is 1050. The fourth-order valence-corrected chi connectivity index (χ4v) is 3.66. The third-order valence-corrected chi connectivity index (χ3v) is 5.33. The molecule has 0 aromatic heterocycles. The molecule has 8 heteroatoms. The van der Waals surface area contributed by atoms with E-state index in [1.807, 2.05) is 13.0 Å². The summed E-state index contributed by atoms with van der Waals surface area (Å²) in [6, 6.07) is 13.3. The highest BCUT2D eigenvalue weighted by Crippen LogP contribution is 2.38. The quantitative estimate of drug-likeness (QED) is 0.348.